The van der Waals surface area contributed by atoms with Crippen LogP contribution in [0.1, 0.15) is 6.92 Å². The van der Waals surface area contributed by atoms with Crippen molar-refractivity contribution in [3.63, 3.8) is 0 Å². The number of morpholine rings is 1. The summed E-state index contributed by atoms with van der Waals surface area (Å²) >= 11 is 0. The summed E-state index contributed by atoms with van der Waals surface area (Å²) in [6, 6.07) is 0. The summed E-state index contributed by atoms with van der Waals surface area (Å²) in [5, 5.41) is 0. The van der Waals surface area contributed by atoms with Gasteiger partial charge in [0.15, 0.2) is 5.96 Å². The van der Waals surface area contributed by atoms with Gasteiger partial charge in [-0.05, 0) is 5.92 Å². The molecule has 1 atom stereocenters. The van der Waals surface area contributed by atoms with Gasteiger partial charge in [-0.3, -0.25) is 9.89 Å². The fourth-order valence-electron chi connectivity index (χ4n) is 2.20. The number of aliphatic imine (C=N–C) groups is 1. The topological polar surface area (TPSA) is 31.3 Å². The highest BCUT2D eigenvalue weighted by molar-refractivity contribution is 5.79. The second kappa shape index (κ2) is 7.59. The SMILES string of the molecule is C[C@@H](CN=C(N(C)C)N(C)C)CN1CCOCC1. The minimum Gasteiger partial charge on any atom is -0.379 e. The van der Waals surface area contributed by atoms with E-state index >= 15 is 0 Å². The van der Waals surface area contributed by atoms with Crippen LogP contribution in [0.4, 0.5) is 0 Å². The highest BCUT2D eigenvalue weighted by Crippen LogP contribution is 2.04. The number of nitrogens with zero attached hydrogens (tertiary/aromatic N) is 4. The maximum atomic E-state index is 5.36. The Hall–Kier alpha value is -0.810. The minimum absolute atomic E-state index is 0.581. The van der Waals surface area contributed by atoms with E-state index in [2.05, 4.69) is 21.6 Å². The van der Waals surface area contributed by atoms with Gasteiger partial charge in [0.05, 0.1) is 13.2 Å². The van der Waals surface area contributed by atoms with E-state index < -0.39 is 0 Å². The van der Waals surface area contributed by atoms with Gasteiger partial charge in [-0.15, -0.1) is 0 Å². The molecule has 1 rings (SSSR count). The summed E-state index contributed by atoms with van der Waals surface area (Å²) in [7, 11) is 8.13. The third-order valence-corrected chi connectivity index (χ3v) is 3.02. The summed E-state index contributed by atoms with van der Waals surface area (Å²) in [5.74, 6) is 1.61. The summed E-state index contributed by atoms with van der Waals surface area (Å²) in [6.07, 6.45) is 0. The molecule has 1 aliphatic heterocycles. The van der Waals surface area contributed by atoms with E-state index in [1.165, 1.54) is 0 Å². The Labute approximate surface area is 111 Å². The first-order chi connectivity index (χ1) is 8.50. The third-order valence-electron chi connectivity index (χ3n) is 3.02. The third kappa shape index (κ3) is 5.23. The summed E-state index contributed by atoms with van der Waals surface area (Å²) in [5.41, 5.74) is 0. The second-order valence-corrected chi connectivity index (χ2v) is 5.45. The molecule has 0 N–H and O–H groups in total. The molecular formula is C13H28N4O. The molecule has 5 nitrogen and oxygen atoms in total. The van der Waals surface area contributed by atoms with Crippen molar-refractivity contribution in [2.24, 2.45) is 10.9 Å². The Morgan fingerprint density at radius 2 is 1.72 bits per heavy atom. The van der Waals surface area contributed by atoms with Crippen LogP contribution < -0.4 is 0 Å². The van der Waals surface area contributed by atoms with Crippen LogP contribution in [0.15, 0.2) is 4.99 Å². The van der Waals surface area contributed by atoms with E-state index in [0.29, 0.717) is 5.92 Å². The molecule has 0 aromatic heterocycles. The molecule has 0 aromatic rings. The van der Waals surface area contributed by atoms with E-state index in [1.807, 2.05) is 28.2 Å². The average molecular weight is 256 g/mol. The van der Waals surface area contributed by atoms with Crippen molar-refractivity contribution in [2.45, 2.75) is 6.92 Å². The number of hydrogen-bond donors (Lipinski definition) is 0. The van der Waals surface area contributed by atoms with Gasteiger partial charge in [0.1, 0.15) is 0 Å². The molecule has 1 heterocycles. The Morgan fingerprint density at radius 3 is 2.22 bits per heavy atom. The number of guanidine groups is 1. The van der Waals surface area contributed by atoms with Crippen molar-refractivity contribution in [3.05, 3.63) is 0 Å². The molecule has 0 amide bonds. The van der Waals surface area contributed by atoms with Crippen LogP contribution in [0.5, 0.6) is 0 Å². The van der Waals surface area contributed by atoms with Gasteiger partial charge in [0, 0.05) is 54.4 Å². The lowest BCUT2D eigenvalue weighted by Gasteiger charge is -2.29. The van der Waals surface area contributed by atoms with Crippen molar-refractivity contribution in [3.8, 4) is 0 Å². The predicted octanol–water partition coefficient (Wildman–Crippen LogP) is 0.434. The Balaban J connectivity index is 2.38. The van der Waals surface area contributed by atoms with Gasteiger partial charge < -0.3 is 14.5 Å². The molecule has 18 heavy (non-hydrogen) atoms. The normalized spacial score (nSPS) is 18.3. The van der Waals surface area contributed by atoms with Crippen LogP contribution in [0.3, 0.4) is 0 Å². The van der Waals surface area contributed by atoms with Crippen molar-refractivity contribution < 1.29 is 4.74 Å². The van der Waals surface area contributed by atoms with Crippen LogP contribution >= 0.6 is 0 Å². The first kappa shape index (κ1) is 15.2. The maximum Gasteiger partial charge on any atom is 0.195 e. The quantitative estimate of drug-likeness (QED) is 0.539. The summed E-state index contributed by atoms with van der Waals surface area (Å²) in [4.78, 5) is 11.3. The maximum absolute atomic E-state index is 5.36. The van der Waals surface area contributed by atoms with Gasteiger partial charge in [0.2, 0.25) is 0 Å². The zero-order chi connectivity index (χ0) is 13.5. The van der Waals surface area contributed by atoms with Crippen LogP contribution in [0, 0.1) is 5.92 Å². The van der Waals surface area contributed by atoms with Gasteiger partial charge in [-0.1, -0.05) is 6.92 Å². The van der Waals surface area contributed by atoms with Crippen LogP contribution in [-0.2, 0) is 4.74 Å². The van der Waals surface area contributed by atoms with Crippen LogP contribution in [-0.4, -0.2) is 88.2 Å². The molecule has 0 aromatic carbocycles. The Morgan fingerprint density at radius 1 is 1.17 bits per heavy atom. The highest BCUT2D eigenvalue weighted by atomic mass is 16.5. The van der Waals surface area contributed by atoms with Gasteiger partial charge >= 0.3 is 0 Å². The second-order valence-electron chi connectivity index (χ2n) is 5.45. The molecule has 1 saturated heterocycles. The molecule has 5 heteroatoms. The average Bonchev–Trinajstić information content (AvgIpc) is 2.29. The zero-order valence-electron chi connectivity index (χ0n) is 12.5. The molecule has 0 bridgehead atoms. The number of ether oxygens (including phenoxy) is 1. The van der Waals surface area contributed by atoms with E-state index in [4.69, 9.17) is 9.73 Å². The molecule has 106 valence electrons. The van der Waals surface area contributed by atoms with E-state index in [-0.39, 0.29) is 0 Å². The molecule has 0 radical (unpaired) electrons. The number of rotatable bonds is 4. The van der Waals surface area contributed by atoms with Gasteiger partial charge in [-0.2, -0.15) is 0 Å². The first-order valence-corrected chi connectivity index (χ1v) is 6.70. The highest BCUT2D eigenvalue weighted by Gasteiger charge is 2.14. The zero-order valence-corrected chi connectivity index (χ0v) is 12.5. The van der Waals surface area contributed by atoms with Crippen molar-refractivity contribution in [2.75, 3.05) is 67.6 Å². The Kier molecular flexibility index (Phi) is 6.43. The van der Waals surface area contributed by atoms with Crippen LogP contribution in [0.2, 0.25) is 0 Å². The standard InChI is InChI=1S/C13H28N4O/c1-12(11-17-6-8-18-9-7-17)10-14-13(15(2)3)16(4)5/h12H,6-11H2,1-5H3/t12-/m0/s1. The van der Waals surface area contributed by atoms with Crippen LogP contribution in [0.25, 0.3) is 0 Å². The van der Waals surface area contributed by atoms with Gasteiger partial charge in [0.25, 0.3) is 0 Å². The largest absolute Gasteiger partial charge is 0.379 e. The molecule has 0 saturated carbocycles. The Bertz CT molecular complexity index is 250. The monoisotopic (exact) mass is 256 g/mol. The van der Waals surface area contributed by atoms with E-state index in [9.17, 15) is 0 Å². The minimum atomic E-state index is 0.581. The van der Waals surface area contributed by atoms with E-state index in [0.717, 1.165) is 45.4 Å². The lowest BCUT2D eigenvalue weighted by Crippen LogP contribution is -2.40. The molecule has 0 unspecified atom stereocenters. The van der Waals surface area contributed by atoms with Crippen molar-refractivity contribution in [1.29, 1.82) is 0 Å². The fourth-order valence-corrected chi connectivity index (χ4v) is 2.20. The lowest BCUT2D eigenvalue weighted by molar-refractivity contribution is 0.0323. The van der Waals surface area contributed by atoms with Crippen molar-refractivity contribution >= 4 is 5.96 Å². The predicted molar refractivity (Wildman–Crippen MR) is 76.1 cm³/mol. The molecule has 0 aliphatic carbocycles. The fraction of sp³-hybridized carbons (Fsp3) is 0.923. The summed E-state index contributed by atoms with van der Waals surface area (Å²) in [6.45, 7) is 8.11. The smallest absolute Gasteiger partial charge is 0.195 e. The molecular weight excluding hydrogens is 228 g/mol. The molecule has 0 spiro atoms. The number of hydrogen-bond acceptors (Lipinski definition) is 3. The lowest BCUT2D eigenvalue weighted by atomic mass is 10.1. The van der Waals surface area contributed by atoms with E-state index in [1.54, 1.807) is 0 Å². The van der Waals surface area contributed by atoms with Gasteiger partial charge in [-0.25, -0.2) is 0 Å². The summed E-state index contributed by atoms with van der Waals surface area (Å²) < 4.78 is 5.36. The van der Waals surface area contributed by atoms with Crippen molar-refractivity contribution in [1.82, 2.24) is 14.7 Å². The molecule has 1 fully saturated rings. The first-order valence-electron chi connectivity index (χ1n) is 6.70. The molecule has 1 aliphatic rings.